The predicted octanol–water partition coefficient (Wildman–Crippen LogP) is 6.21. The maximum Gasteiger partial charge on any atom is 0.270 e. The van der Waals surface area contributed by atoms with Gasteiger partial charge in [-0.2, -0.15) is 5.10 Å². The lowest BCUT2D eigenvalue weighted by Gasteiger charge is -2.21. The topological polar surface area (TPSA) is 71.9 Å². The minimum atomic E-state index is -0.401. The second-order valence-corrected chi connectivity index (χ2v) is 7.32. The summed E-state index contributed by atoms with van der Waals surface area (Å²) in [7, 11) is 0. The first-order valence-corrected chi connectivity index (χ1v) is 10.0. The number of nitro benzene ring substituents is 1. The van der Waals surface area contributed by atoms with E-state index in [1.54, 1.807) is 6.07 Å². The van der Waals surface area contributed by atoms with Crippen LogP contribution < -0.4 is 5.01 Å². The zero-order valence-electron chi connectivity index (χ0n) is 16.6. The summed E-state index contributed by atoms with van der Waals surface area (Å²) in [6.07, 6.45) is 0.695. The summed E-state index contributed by atoms with van der Waals surface area (Å²) in [6.45, 7) is 0. The molecule has 2 heterocycles. The number of rotatable bonds is 5. The van der Waals surface area contributed by atoms with E-state index in [4.69, 9.17) is 9.52 Å². The Morgan fingerprint density at radius 1 is 0.871 bits per heavy atom. The summed E-state index contributed by atoms with van der Waals surface area (Å²) in [4.78, 5) is 10.7. The fraction of sp³-hybridized carbons (Fsp3) is 0.0800. The molecular formula is C25H19N3O3. The van der Waals surface area contributed by atoms with Crippen molar-refractivity contribution in [3.8, 4) is 11.3 Å². The number of para-hydroxylation sites is 1. The standard InChI is InChI=1S/C25H19N3O3/c29-28(30)21-13-7-10-19(16-21)24-14-15-25(31-24)23-17-22(18-8-3-1-4-9-18)26-27(23)20-11-5-2-6-12-20/h1-16,23H,17H2. The number of furan rings is 1. The van der Waals surface area contributed by atoms with Crippen LogP contribution in [0.4, 0.5) is 11.4 Å². The monoisotopic (exact) mass is 409 g/mol. The van der Waals surface area contributed by atoms with E-state index in [0.29, 0.717) is 17.7 Å². The first-order valence-electron chi connectivity index (χ1n) is 10.0. The van der Waals surface area contributed by atoms with Crippen LogP contribution in [0.15, 0.2) is 107 Å². The van der Waals surface area contributed by atoms with E-state index in [1.807, 2.05) is 71.7 Å². The first kappa shape index (κ1) is 18.8. The highest BCUT2D eigenvalue weighted by Crippen LogP contribution is 2.38. The number of nitro groups is 1. The number of nitrogens with zero attached hydrogens (tertiary/aromatic N) is 3. The summed E-state index contributed by atoms with van der Waals surface area (Å²) >= 11 is 0. The lowest BCUT2D eigenvalue weighted by Crippen LogP contribution is -2.17. The maximum atomic E-state index is 11.1. The molecule has 1 atom stereocenters. The lowest BCUT2D eigenvalue weighted by atomic mass is 10.0. The Morgan fingerprint density at radius 2 is 1.58 bits per heavy atom. The Kier molecular flexibility index (Phi) is 4.80. The molecule has 0 N–H and O–H groups in total. The molecule has 1 aliphatic rings. The Bertz CT molecular complexity index is 1250. The number of anilines is 1. The highest BCUT2D eigenvalue weighted by Gasteiger charge is 2.32. The van der Waals surface area contributed by atoms with Gasteiger partial charge in [0.1, 0.15) is 17.6 Å². The zero-order valence-corrected chi connectivity index (χ0v) is 16.6. The third kappa shape index (κ3) is 3.71. The SMILES string of the molecule is O=[N+]([O-])c1cccc(-c2ccc(C3CC(c4ccccc4)=NN3c3ccccc3)o2)c1. The van der Waals surface area contributed by atoms with Crippen molar-refractivity contribution in [2.45, 2.75) is 12.5 Å². The number of non-ortho nitro benzene ring substituents is 1. The third-order valence-corrected chi connectivity index (χ3v) is 5.33. The van der Waals surface area contributed by atoms with E-state index >= 15 is 0 Å². The van der Waals surface area contributed by atoms with Crippen molar-refractivity contribution in [1.29, 1.82) is 0 Å². The lowest BCUT2D eigenvalue weighted by molar-refractivity contribution is -0.384. The number of hydrogen-bond donors (Lipinski definition) is 0. The van der Waals surface area contributed by atoms with E-state index in [9.17, 15) is 10.1 Å². The largest absolute Gasteiger partial charge is 0.459 e. The van der Waals surface area contributed by atoms with Crippen LogP contribution in [-0.2, 0) is 0 Å². The molecule has 0 bridgehead atoms. The van der Waals surface area contributed by atoms with Gasteiger partial charge in [-0.05, 0) is 29.8 Å². The van der Waals surface area contributed by atoms with Crippen molar-refractivity contribution in [3.05, 3.63) is 118 Å². The molecule has 0 fully saturated rings. The Hall–Kier alpha value is -4.19. The van der Waals surface area contributed by atoms with Gasteiger partial charge < -0.3 is 4.42 Å². The second-order valence-electron chi connectivity index (χ2n) is 7.32. The molecule has 0 aliphatic carbocycles. The molecule has 31 heavy (non-hydrogen) atoms. The molecule has 1 aromatic heterocycles. The van der Waals surface area contributed by atoms with Gasteiger partial charge in [0.25, 0.3) is 5.69 Å². The normalized spacial score (nSPS) is 15.7. The molecule has 0 spiro atoms. The molecule has 1 aliphatic heterocycles. The van der Waals surface area contributed by atoms with E-state index in [1.165, 1.54) is 12.1 Å². The Morgan fingerprint density at radius 3 is 2.32 bits per heavy atom. The van der Waals surface area contributed by atoms with Crippen LogP contribution in [0.2, 0.25) is 0 Å². The van der Waals surface area contributed by atoms with Gasteiger partial charge in [-0.25, -0.2) is 0 Å². The van der Waals surface area contributed by atoms with Crippen molar-refractivity contribution < 1.29 is 9.34 Å². The molecule has 152 valence electrons. The summed E-state index contributed by atoms with van der Waals surface area (Å²) in [5.74, 6) is 1.36. The van der Waals surface area contributed by atoms with Gasteiger partial charge in [0.05, 0.1) is 16.3 Å². The summed E-state index contributed by atoms with van der Waals surface area (Å²) in [5.41, 5.74) is 3.76. The van der Waals surface area contributed by atoms with Crippen LogP contribution in [-0.4, -0.2) is 10.6 Å². The summed E-state index contributed by atoms with van der Waals surface area (Å²) in [5, 5.41) is 18.0. The second kappa shape index (κ2) is 7.91. The van der Waals surface area contributed by atoms with Gasteiger partial charge in [0.15, 0.2) is 0 Å². The molecule has 1 unspecified atom stereocenters. The van der Waals surface area contributed by atoms with Crippen molar-refractivity contribution in [3.63, 3.8) is 0 Å². The van der Waals surface area contributed by atoms with Crippen molar-refractivity contribution >= 4 is 17.1 Å². The highest BCUT2D eigenvalue weighted by atomic mass is 16.6. The van der Waals surface area contributed by atoms with Crippen molar-refractivity contribution in [2.24, 2.45) is 5.10 Å². The molecule has 4 aromatic rings. The Labute approximate surface area is 179 Å². The molecule has 3 aromatic carbocycles. The van der Waals surface area contributed by atoms with Gasteiger partial charge in [-0.1, -0.05) is 60.7 Å². The van der Waals surface area contributed by atoms with E-state index in [0.717, 1.165) is 22.7 Å². The molecule has 0 saturated heterocycles. The smallest absolute Gasteiger partial charge is 0.270 e. The van der Waals surface area contributed by atoms with E-state index in [2.05, 4.69) is 12.1 Å². The summed E-state index contributed by atoms with van der Waals surface area (Å²) in [6, 6.07) is 30.3. The highest BCUT2D eigenvalue weighted by molar-refractivity contribution is 6.03. The summed E-state index contributed by atoms with van der Waals surface area (Å²) < 4.78 is 6.19. The number of hydrogen-bond acceptors (Lipinski definition) is 5. The molecule has 5 rings (SSSR count). The van der Waals surface area contributed by atoms with Crippen molar-refractivity contribution in [2.75, 3.05) is 5.01 Å². The van der Waals surface area contributed by atoms with Gasteiger partial charge in [0.2, 0.25) is 0 Å². The zero-order chi connectivity index (χ0) is 21.2. The molecular weight excluding hydrogens is 390 g/mol. The van der Waals surface area contributed by atoms with Crippen LogP contribution in [0.3, 0.4) is 0 Å². The fourth-order valence-corrected chi connectivity index (χ4v) is 3.82. The molecule has 6 nitrogen and oxygen atoms in total. The molecule has 0 amide bonds. The molecule has 0 radical (unpaired) electrons. The fourth-order valence-electron chi connectivity index (χ4n) is 3.82. The van der Waals surface area contributed by atoms with Gasteiger partial charge in [-0.3, -0.25) is 15.1 Å². The molecule has 6 heteroatoms. The number of hydrazone groups is 1. The van der Waals surface area contributed by atoms with Crippen LogP contribution in [0.5, 0.6) is 0 Å². The van der Waals surface area contributed by atoms with Crippen LogP contribution in [0.25, 0.3) is 11.3 Å². The van der Waals surface area contributed by atoms with Gasteiger partial charge >= 0.3 is 0 Å². The quantitative estimate of drug-likeness (QED) is 0.290. The third-order valence-electron chi connectivity index (χ3n) is 5.33. The van der Waals surface area contributed by atoms with E-state index in [-0.39, 0.29) is 11.7 Å². The average Bonchev–Trinajstić information content (AvgIpc) is 3.48. The van der Waals surface area contributed by atoms with Crippen LogP contribution in [0.1, 0.15) is 23.8 Å². The van der Waals surface area contributed by atoms with Gasteiger partial charge in [-0.15, -0.1) is 0 Å². The van der Waals surface area contributed by atoms with E-state index < -0.39 is 4.92 Å². The van der Waals surface area contributed by atoms with Gasteiger partial charge in [0, 0.05) is 24.1 Å². The Balaban J connectivity index is 1.50. The van der Waals surface area contributed by atoms with Crippen molar-refractivity contribution in [1.82, 2.24) is 0 Å². The maximum absolute atomic E-state index is 11.1. The first-order chi connectivity index (χ1) is 15.2. The minimum absolute atomic E-state index is 0.0388. The minimum Gasteiger partial charge on any atom is -0.459 e. The van der Waals surface area contributed by atoms with Crippen LogP contribution >= 0.6 is 0 Å². The number of benzene rings is 3. The average molecular weight is 409 g/mol. The molecule has 0 saturated carbocycles. The van der Waals surface area contributed by atoms with Crippen LogP contribution in [0, 0.1) is 10.1 Å². The predicted molar refractivity (Wildman–Crippen MR) is 120 cm³/mol.